The second-order valence-electron chi connectivity index (χ2n) is 10.8. The molecule has 0 amide bonds. The minimum Gasteiger partial charge on any atom is -1.00 e. The van der Waals surface area contributed by atoms with Crippen LogP contribution >= 0.6 is 0 Å². The van der Waals surface area contributed by atoms with E-state index in [4.69, 9.17) is 0 Å². The molecular weight excluding hydrogens is 689 g/mol. The van der Waals surface area contributed by atoms with E-state index in [-0.39, 0.29) is 35.1 Å². The van der Waals surface area contributed by atoms with Crippen LogP contribution in [0.4, 0.5) is 0 Å². The van der Waals surface area contributed by atoms with Crippen LogP contribution in [0.3, 0.4) is 0 Å². The molecule has 1 aliphatic carbocycles. The Labute approximate surface area is 284 Å². The highest BCUT2D eigenvalue weighted by Gasteiger charge is 2.12. The molecule has 7 aromatic heterocycles. The summed E-state index contributed by atoms with van der Waals surface area (Å²) in [7, 11) is 5.55. The van der Waals surface area contributed by atoms with Gasteiger partial charge < -0.3 is 33.1 Å². The summed E-state index contributed by atoms with van der Waals surface area (Å²) in [4.78, 5) is 39.4. The molecule has 10 heteroatoms. The molecule has 0 bridgehead atoms. The molecule has 9 nitrogen and oxygen atoms in total. The van der Waals surface area contributed by atoms with Crippen LogP contribution in [-0.4, -0.2) is 29.1 Å². The van der Waals surface area contributed by atoms with E-state index in [9.17, 15) is 9.59 Å². The zero-order chi connectivity index (χ0) is 31.6. The van der Waals surface area contributed by atoms with Crippen molar-refractivity contribution in [2.75, 3.05) is 0 Å². The van der Waals surface area contributed by atoms with Gasteiger partial charge in [-0.3, -0.25) is 29.5 Å². The maximum Gasteiger partial charge on any atom is 0.259 e. The van der Waals surface area contributed by atoms with Gasteiger partial charge in [-0.15, -0.1) is 0 Å². The molecule has 0 N–H and O–H groups in total. The number of halogens is 1. The number of pyridine rings is 7. The Morgan fingerprint density at radius 1 is 0.674 bits per heavy atom. The van der Waals surface area contributed by atoms with Gasteiger partial charge in [0.1, 0.15) is 7.05 Å². The first-order valence-electron chi connectivity index (χ1n) is 14.8. The minimum atomic E-state index is 0. The van der Waals surface area contributed by atoms with Crippen molar-refractivity contribution in [2.45, 2.75) is 25.7 Å². The maximum absolute atomic E-state index is 11.6. The fourth-order valence-electron chi connectivity index (χ4n) is 5.05. The van der Waals surface area contributed by atoms with E-state index in [1.807, 2.05) is 79.8 Å². The van der Waals surface area contributed by atoms with Gasteiger partial charge in [0.25, 0.3) is 11.1 Å². The predicted octanol–water partition coefficient (Wildman–Crippen LogP) is 1.89. The quantitative estimate of drug-likeness (QED) is 0.175. The van der Waals surface area contributed by atoms with Crippen molar-refractivity contribution in [3.8, 4) is 0 Å². The Hall–Kier alpha value is -4.84. The van der Waals surface area contributed by atoms with E-state index in [1.54, 1.807) is 53.1 Å². The lowest BCUT2D eigenvalue weighted by Gasteiger charge is -2.14. The fourth-order valence-corrected chi connectivity index (χ4v) is 5.05. The monoisotopic (exact) mass is 725 g/mol. The Balaban J connectivity index is 0.000000138. The van der Waals surface area contributed by atoms with E-state index in [0.29, 0.717) is 5.39 Å². The van der Waals surface area contributed by atoms with Crippen LogP contribution in [-0.2, 0) is 34.0 Å². The molecule has 8 rings (SSSR count). The first kappa shape index (κ1) is 34.0. The van der Waals surface area contributed by atoms with Gasteiger partial charge in [-0.25, -0.2) is 4.57 Å². The SMILES string of the molecule is C[n+]1ccc2ncccc2c1.Cn1ccc2c(c1=O)CCCC2.Cn1ccc2ncccc2c1=O.[I-].c1cnc2ccncc2c1. The smallest absolute Gasteiger partial charge is 0.259 e. The third-order valence-corrected chi connectivity index (χ3v) is 7.52. The van der Waals surface area contributed by atoms with Gasteiger partial charge in [0.15, 0.2) is 12.4 Å². The number of rotatable bonds is 0. The van der Waals surface area contributed by atoms with Gasteiger partial charge in [0.05, 0.1) is 27.3 Å². The normalized spacial score (nSPS) is 11.5. The number of hydrogen-bond acceptors (Lipinski definition) is 6. The summed E-state index contributed by atoms with van der Waals surface area (Å²) >= 11 is 0. The summed E-state index contributed by atoms with van der Waals surface area (Å²) in [6.45, 7) is 0. The molecule has 0 saturated heterocycles. The van der Waals surface area contributed by atoms with E-state index in [0.717, 1.165) is 40.3 Å². The van der Waals surface area contributed by atoms with E-state index >= 15 is 0 Å². The van der Waals surface area contributed by atoms with Crippen LogP contribution in [0.2, 0.25) is 0 Å². The van der Waals surface area contributed by atoms with Gasteiger partial charge in [0.2, 0.25) is 0 Å². The first-order chi connectivity index (χ1) is 21.9. The third kappa shape index (κ3) is 8.66. The molecule has 0 atom stereocenters. The fraction of sp³-hybridized carbons (Fsp3) is 0.194. The molecular formula is C36H36IN7O2. The van der Waals surface area contributed by atoms with Crippen LogP contribution in [0.15, 0.2) is 126 Å². The van der Waals surface area contributed by atoms with Crippen molar-refractivity contribution < 1.29 is 28.5 Å². The van der Waals surface area contributed by atoms with Crippen molar-refractivity contribution in [3.63, 3.8) is 0 Å². The Morgan fingerprint density at radius 2 is 1.30 bits per heavy atom. The Morgan fingerprint density at radius 3 is 2.07 bits per heavy atom. The molecule has 1 aliphatic rings. The molecule has 0 radical (unpaired) electrons. The molecule has 7 aromatic rings. The van der Waals surface area contributed by atoms with Crippen molar-refractivity contribution in [2.24, 2.45) is 21.1 Å². The summed E-state index contributed by atoms with van der Waals surface area (Å²) in [6, 6.07) is 19.3. The van der Waals surface area contributed by atoms with E-state index in [2.05, 4.69) is 38.3 Å². The van der Waals surface area contributed by atoms with Gasteiger partial charge in [-0.05, 0) is 85.8 Å². The summed E-state index contributed by atoms with van der Waals surface area (Å²) in [5, 5.41) is 2.94. The van der Waals surface area contributed by atoms with Crippen molar-refractivity contribution in [3.05, 3.63) is 148 Å². The Kier molecular flexibility index (Phi) is 12.2. The van der Waals surface area contributed by atoms with Gasteiger partial charge in [0, 0.05) is 74.5 Å². The highest BCUT2D eigenvalue weighted by atomic mass is 127. The van der Waals surface area contributed by atoms with Crippen molar-refractivity contribution in [1.29, 1.82) is 0 Å². The number of hydrogen-bond donors (Lipinski definition) is 0. The average molecular weight is 726 g/mol. The lowest BCUT2D eigenvalue weighted by molar-refractivity contribution is -0.670. The second-order valence-corrected chi connectivity index (χ2v) is 10.8. The van der Waals surface area contributed by atoms with Gasteiger partial charge >= 0.3 is 0 Å². The van der Waals surface area contributed by atoms with Crippen LogP contribution in [0, 0.1) is 0 Å². The zero-order valence-electron chi connectivity index (χ0n) is 26.1. The molecule has 0 unspecified atom stereocenters. The summed E-state index contributed by atoms with van der Waals surface area (Å²) in [5.41, 5.74) is 5.31. The highest BCUT2D eigenvalue weighted by Crippen LogP contribution is 2.17. The minimum absolute atomic E-state index is 0. The molecule has 0 spiro atoms. The first-order valence-corrected chi connectivity index (χ1v) is 14.8. The molecule has 0 saturated carbocycles. The van der Waals surface area contributed by atoms with Gasteiger partial charge in [-0.1, -0.05) is 0 Å². The van der Waals surface area contributed by atoms with Gasteiger partial charge in [-0.2, -0.15) is 0 Å². The molecule has 0 aliphatic heterocycles. The standard InChI is InChI=1S/C10H13NO.C9H8N2O.C9H9N2.C8H6N2.HI/c1-11-7-6-8-4-2-3-5-9(8)10(11)12;1-11-6-4-8-7(9(11)12)3-2-5-10-8;1-11-6-4-9-8(7-11)3-2-5-10-9;1-2-7-6-9-5-3-8(7)10-4-1;/h6-7H,2-5H2,1H3;2-6H,1H3;2-7H,1H3;1-6H;1H/q;;+1;;/p-1. The van der Waals surface area contributed by atoms with E-state index in [1.165, 1.54) is 23.8 Å². The zero-order valence-corrected chi connectivity index (χ0v) is 28.3. The lowest BCUT2D eigenvalue weighted by Crippen LogP contribution is -3.00. The van der Waals surface area contributed by atoms with Crippen LogP contribution in [0.1, 0.15) is 24.0 Å². The van der Waals surface area contributed by atoms with Crippen LogP contribution in [0.25, 0.3) is 32.7 Å². The largest absolute Gasteiger partial charge is 1.00 e. The van der Waals surface area contributed by atoms with Crippen LogP contribution in [0.5, 0.6) is 0 Å². The lowest BCUT2D eigenvalue weighted by atomic mass is 9.93. The molecule has 234 valence electrons. The summed E-state index contributed by atoms with van der Waals surface area (Å²) in [5.74, 6) is 0. The number of fused-ring (bicyclic) bond motifs is 4. The van der Waals surface area contributed by atoms with Crippen molar-refractivity contribution >= 4 is 32.7 Å². The highest BCUT2D eigenvalue weighted by molar-refractivity contribution is 5.77. The summed E-state index contributed by atoms with van der Waals surface area (Å²) in [6.07, 6.45) is 20.9. The average Bonchev–Trinajstić information content (AvgIpc) is 3.09. The topological polar surface area (TPSA) is 99.4 Å². The Bertz CT molecular complexity index is 2110. The molecule has 0 fully saturated rings. The van der Waals surface area contributed by atoms with Crippen LogP contribution < -0.4 is 39.7 Å². The van der Waals surface area contributed by atoms with Crippen molar-refractivity contribution in [1.82, 2.24) is 29.1 Å². The summed E-state index contributed by atoms with van der Waals surface area (Å²) < 4.78 is 5.23. The number of aromatic nitrogens is 7. The maximum atomic E-state index is 11.6. The van der Waals surface area contributed by atoms with E-state index < -0.39 is 0 Å². The molecule has 0 aromatic carbocycles. The second kappa shape index (κ2) is 16.5. The number of nitrogens with zero attached hydrogens (tertiary/aromatic N) is 7. The predicted molar refractivity (Wildman–Crippen MR) is 178 cm³/mol. The molecule has 7 heterocycles. The third-order valence-electron chi connectivity index (χ3n) is 7.52. The molecule has 46 heavy (non-hydrogen) atoms. The number of aryl methyl sites for hydroxylation is 4.